The van der Waals surface area contributed by atoms with E-state index in [1.54, 1.807) is 7.05 Å². The van der Waals surface area contributed by atoms with Gasteiger partial charge < -0.3 is 15.8 Å². The summed E-state index contributed by atoms with van der Waals surface area (Å²) >= 11 is 0. The minimum atomic E-state index is 0.0713. The van der Waals surface area contributed by atoms with E-state index in [1.807, 2.05) is 0 Å². The Morgan fingerprint density at radius 3 is 2.58 bits per heavy atom. The van der Waals surface area contributed by atoms with Gasteiger partial charge in [-0.05, 0) is 19.8 Å². The molecule has 1 heterocycles. The molecule has 1 aliphatic heterocycles. The number of ether oxygens (including phenoxy) is 1. The highest BCUT2D eigenvalue weighted by Gasteiger charge is 2.27. The van der Waals surface area contributed by atoms with Crippen molar-refractivity contribution in [1.29, 1.82) is 0 Å². The summed E-state index contributed by atoms with van der Waals surface area (Å²) in [5.74, 6) is 0.513. The molecule has 1 saturated heterocycles. The summed E-state index contributed by atoms with van der Waals surface area (Å²) in [6, 6.07) is 0. The molecule has 0 aliphatic carbocycles. The molecule has 0 aromatic rings. The number of aliphatic imine (C=N–C) groups is 1. The van der Waals surface area contributed by atoms with Gasteiger partial charge in [0.1, 0.15) is 0 Å². The van der Waals surface area contributed by atoms with Crippen molar-refractivity contribution in [3.63, 3.8) is 0 Å². The molecule has 1 rings (SSSR count). The van der Waals surface area contributed by atoms with E-state index >= 15 is 0 Å². The molecule has 0 unspecified atom stereocenters. The largest absolute Gasteiger partial charge is 0.381 e. The quantitative estimate of drug-likeness (QED) is 0.434. The lowest BCUT2D eigenvalue weighted by Gasteiger charge is -2.34. The molecule has 0 amide bonds. The van der Waals surface area contributed by atoms with Crippen LogP contribution in [0, 0.1) is 0 Å². The van der Waals surface area contributed by atoms with Crippen molar-refractivity contribution in [2.75, 3.05) is 20.3 Å². The first kappa shape index (κ1) is 9.32. The van der Waals surface area contributed by atoms with Gasteiger partial charge in [0.2, 0.25) is 0 Å². The van der Waals surface area contributed by atoms with Crippen LogP contribution in [0.2, 0.25) is 0 Å². The topological polar surface area (TPSA) is 59.6 Å². The van der Waals surface area contributed by atoms with Crippen LogP contribution in [0.15, 0.2) is 4.99 Å². The summed E-state index contributed by atoms with van der Waals surface area (Å²) in [6.07, 6.45) is 1.98. The molecule has 12 heavy (non-hydrogen) atoms. The number of rotatable bonds is 1. The SMILES string of the molecule is CN=C(N)NC1(C)CCOCC1. The van der Waals surface area contributed by atoms with Crippen LogP contribution in [0.5, 0.6) is 0 Å². The molecule has 0 atom stereocenters. The van der Waals surface area contributed by atoms with Gasteiger partial charge >= 0.3 is 0 Å². The van der Waals surface area contributed by atoms with Gasteiger partial charge in [0.15, 0.2) is 5.96 Å². The van der Waals surface area contributed by atoms with E-state index in [0.29, 0.717) is 5.96 Å². The smallest absolute Gasteiger partial charge is 0.188 e. The Hall–Kier alpha value is -0.770. The van der Waals surface area contributed by atoms with Crippen LogP contribution in [0.25, 0.3) is 0 Å². The van der Waals surface area contributed by atoms with Crippen LogP contribution in [0.1, 0.15) is 19.8 Å². The van der Waals surface area contributed by atoms with Crippen molar-refractivity contribution in [2.45, 2.75) is 25.3 Å². The highest BCUT2D eigenvalue weighted by atomic mass is 16.5. The monoisotopic (exact) mass is 171 g/mol. The zero-order chi connectivity index (χ0) is 9.03. The Morgan fingerprint density at radius 1 is 1.50 bits per heavy atom. The minimum absolute atomic E-state index is 0.0713. The van der Waals surface area contributed by atoms with E-state index in [4.69, 9.17) is 10.5 Å². The molecule has 0 saturated carbocycles. The first-order valence-electron chi connectivity index (χ1n) is 4.24. The fraction of sp³-hybridized carbons (Fsp3) is 0.875. The summed E-state index contributed by atoms with van der Waals surface area (Å²) in [5, 5.41) is 3.19. The van der Waals surface area contributed by atoms with Gasteiger partial charge in [0, 0.05) is 25.8 Å². The normalized spacial score (nSPS) is 23.7. The van der Waals surface area contributed by atoms with Crippen LogP contribution < -0.4 is 11.1 Å². The Morgan fingerprint density at radius 2 is 2.08 bits per heavy atom. The van der Waals surface area contributed by atoms with Gasteiger partial charge in [-0.3, -0.25) is 4.99 Å². The van der Waals surface area contributed by atoms with Crippen LogP contribution in [0.3, 0.4) is 0 Å². The number of guanidine groups is 1. The fourth-order valence-corrected chi connectivity index (χ4v) is 1.31. The summed E-state index contributed by atoms with van der Waals surface area (Å²) in [5.41, 5.74) is 5.66. The molecule has 0 radical (unpaired) electrons. The number of nitrogens with two attached hydrogens (primary N) is 1. The molecule has 0 aromatic heterocycles. The van der Waals surface area contributed by atoms with Crippen molar-refractivity contribution in [3.8, 4) is 0 Å². The molecule has 4 heteroatoms. The van der Waals surface area contributed by atoms with Crippen LogP contribution in [0.4, 0.5) is 0 Å². The molecule has 0 aromatic carbocycles. The molecule has 0 spiro atoms. The third-order valence-electron chi connectivity index (χ3n) is 2.27. The maximum Gasteiger partial charge on any atom is 0.188 e. The van der Waals surface area contributed by atoms with Crippen molar-refractivity contribution < 1.29 is 4.74 Å². The van der Waals surface area contributed by atoms with Gasteiger partial charge in [0.05, 0.1) is 0 Å². The molecule has 3 N–H and O–H groups in total. The van der Waals surface area contributed by atoms with Gasteiger partial charge in [-0.25, -0.2) is 0 Å². The number of nitrogens with one attached hydrogen (secondary N) is 1. The second kappa shape index (κ2) is 3.76. The van der Waals surface area contributed by atoms with Gasteiger partial charge in [-0.2, -0.15) is 0 Å². The molecule has 4 nitrogen and oxygen atoms in total. The van der Waals surface area contributed by atoms with Gasteiger partial charge in [0.25, 0.3) is 0 Å². The van der Waals surface area contributed by atoms with E-state index in [-0.39, 0.29) is 5.54 Å². The number of hydrogen-bond donors (Lipinski definition) is 2. The Bertz CT molecular complexity index is 173. The average molecular weight is 171 g/mol. The summed E-state index contributed by atoms with van der Waals surface area (Å²) in [4.78, 5) is 3.87. The number of hydrogen-bond acceptors (Lipinski definition) is 2. The predicted octanol–water partition coefficient (Wildman–Crippen LogP) is 0.0896. The molecule has 1 fully saturated rings. The molecular formula is C8H17N3O. The highest BCUT2D eigenvalue weighted by molar-refractivity contribution is 5.78. The second-order valence-electron chi connectivity index (χ2n) is 3.41. The third-order valence-corrected chi connectivity index (χ3v) is 2.27. The molecule has 70 valence electrons. The third kappa shape index (κ3) is 2.37. The molecular weight excluding hydrogens is 154 g/mol. The van der Waals surface area contributed by atoms with Crippen LogP contribution in [-0.2, 0) is 4.74 Å². The Labute approximate surface area is 73.2 Å². The first-order valence-corrected chi connectivity index (χ1v) is 4.24. The lowest BCUT2D eigenvalue weighted by Crippen LogP contribution is -2.52. The summed E-state index contributed by atoms with van der Waals surface area (Å²) < 4.78 is 5.26. The molecule has 1 aliphatic rings. The van der Waals surface area contributed by atoms with Crippen molar-refractivity contribution in [2.24, 2.45) is 10.7 Å². The standard InChI is InChI=1S/C8H17N3O/c1-8(11-7(9)10-2)3-5-12-6-4-8/h3-6H2,1-2H3,(H3,9,10,11). The second-order valence-corrected chi connectivity index (χ2v) is 3.41. The lowest BCUT2D eigenvalue weighted by molar-refractivity contribution is 0.0523. The van der Waals surface area contributed by atoms with Crippen LogP contribution >= 0.6 is 0 Å². The maximum absolute atomic E-state index is 5.59. The van der Waals surface area contributed by atoms with E-state index in [1.165, 1.54) is 0 Å². The van der Waals surface area contributed by atoms with E-state index in [9.17, 15) is 0 Å². The number of nitrogens with zero attached hydrogens (tertiary/aromatic N) is 1. The predicted molar refractivity (Wildman–Crippen MR) is 49.1 cm³/mol. The van der Waals surface area contributed by atoms with Gasteiger partial charge in [-0.1, -0.05) is 0 Å². The van der Waals surface area contributed by atoms with E-state index in [0.717, 1.165) is 26.1 Å². The zero-order valence-corrected chi connectivity index (χ0v) is 7.76. The van der Waals surface area contributed by atoms with Gasteiger partial charge in [-0.15, -0.1) is 0 Å². The highest BCUT2D eigenvalue weighted by Crippen LogP contribution is 2.18. The van der Waals surface area contributed by atoms with E-state index in [2.05, 4.69) is 17.2 Å². The lowest BCUT2D eigenvalue weighted by atomic mass is 9.93. The fourth-order valence-electron chi connectivity index (χ4n) is 1.31. The average Bonchev–Trinajstić information content (AvgIpc) is 2.05. The van der Waals surface area contributed by atoms with Crippen molar-refractivity contribution in [3.05, 3.63) is 0 Å². The first-order chi connectivity index (χ1) is 5.66. The van der Waals surface area contributed by atoms with E-state index < -0.39 is 0 Å². The molecule has 0 bridgehead atoms. The Kier molecular flexibility index (Phi) is 2.92. The summed E-state index contributed by atoms with van der Waals surface area (Å²) in [6.45, 7) is 3.76. The van der Waals surface area contributed by atoms with Crippen molar-refractivity contribution in [1.82, 2.24) is 5.32 Å². The van der Waals surface area contributed by atoms with Crippen molar-refractivity contribution >= 4 is 5.96 Å². The summed E-state index contributed by atoms with van der Waals surface area (Å²) in [7, 11) is 1.69. The zero-order valence-electron chi connectivity index (χ0n) is 7.76. The van der Waals surface area contributed by atoms with Crippen LogP contribution in [-0.4, -0.2) is 31.8 Å². The Balaban J connectivity index is 2.46. The maximum atomic E-state index is 5.59. The minimum Gasteiger partial charge on any atom is -0.381 e.